The van der Waals surface area contributed by atoms with Gasteiger partial charge < -0.3 is 4.90 Å². The molecule has 0 N–H and O–H groups in total. The molecule has 0 spiro atoms. The zero-order valence-electron chi connectivity index (χ0n) is 7.52. The lowest BCUT2D eigenvalue weighted by molar-refractivity contribution is -0.117. The van der Waals surface area contributed by atoms with E-state index >= 15 is 0 Å². The van der Waals surface area contributed by atoms with Gasteiger partial charge in [-0.3, -0.25) is 4.79 Å². The average molecular weight is 175 g/mol. The van der Waals surface area contributed by atoms with Crippen LogP contribution >= 0.6 is 0 Å². The van der Waals surface area contributed by atoms with Crippen LogP contribution in [-0.2, 0) is 4.79 Å². The minimum atomic E-state index is 0.548. The number of rotatable bonds is 2. The van der Waals surface area contributed by atoms with Crippen molar-refractivity contribution in [2.45, 2.75) is 12.3 Å². The number of carbonyl (C=O) groups excluding carboxylic acids is 1. The second-order valence-corrected chi connectivity index (χ2v) is 3.50. The summed E-state index contributed by atoms with van der Waals surface area (Å²) in [6.07, 6.45) is 2.05. The van der Waals surface area contributed by atoms with Crippen LogP contribution in [0, 0.1) is 0 Å². The maximum atomic E-state index is 10.5. The van der Waals surface area contributed by atoms with Gasteiger partial charge in [-0.05, 0) is 12.0 Å². The van der Waals surface area contributed by atoms with Gasteiger partial charge in [0.2, 0.25) is 6.41 Å². The third-order valence-electron chi connectivity index (χ3n) is 2.64. The van der Waals surface area contributed by atoms with Crippen molar-refractivity contribution in [3.63, 3.8) is 0 Å². The normalized spacial score (nSPS) is 21.8. The molecule has 68 valence electrons. The summed E-state index contributed by atoms with van der Waals surface area (Å²) in [6.45, 7) is 1.79. The number of hydrogen-bond acceptors (Lipinski definition) is 1. The van der Waals surface area contributed by atoms with E-state index in [1.54, 1.807) is 0 Å². The monoisotopic (exact) mass is 175 g/mol. The van der Waals surface area contributed by atoms with Gasteiger partial charge in [0.1, 0.15) is 0 Å². The zero-order valence-corrected chi connectivity index (χ0v) is 7.52. The van der Waals surface area contributed by atoms with Crippen molar-refractivity contribution in [3.05, 3.63) is 35.9 Å². The Morgan fingerprint density at radius 2 is 2.08 bits per heavy atom. The first-order valence-electron chi connectivity index (χ1n) is 4.64. The highest BCUT2D eigenvalue weighted by atomic mass is 16.1. The molecule has 0 saturated carbocycles. The van der Waals surface area contributed by atoms with Crippen molar-refractivity contribution < 1.29 is 4.79 Å². The Hall–Kier alpha value is -1.31. The van der Waals surface area contributed by atoms with Gasteiger partial charge in [0, 0.05) is 19.0 Å². The standard InChI is InChI=1S/C11H13NO/c13-9-12-7-6-11(8-12)10-4-2-1-3-5-10/h1-5,9,11H,6-8H2. The van der Waals surface area contributed by atoms with E-state index < -0.39 is 0 Å². The molecule has 0 bridgehead atoms. The van der Waals surface area contributed by atoms with Crippen LogP contribution in [-0.4, -0.2) is 24.4 Å². The predicted molar refractivity (Wildman–Crippen MR) is 51.4 cm³/mol. The number of hydrogen-bond donors (Lipinski definition) is 0. The summed E-state index contributed by atoms with van der Waals surface area (Å²) in [5.74, 6) is 0.548. The number of likely N-dealkylation sites (tertiary alicyclic amines) is 1. The third kappa shape index (κ3) is 1.72. The summed E-state index contributed by atoms with van der Waals surface area (Å²) in [5.41, 5.74) is 1.35. The molecule has 0 aromatic heterocycles. The van der Waals surface area contributed by atoms with Crippen molar-refractivity contribution in [1.82, 2.24) is 4.90 Å². The van der Waals surface area contributed by atoms with Crippen molar-refractivity contribution in [1.29, 1.82) is 0 Å². The molecule has 1 aliphatic rings. The van der Waals surface area contributed by atoms with Crippen molar-refractivity contribution in [2.24, 2.45) is 0 Å². The maximum Gasteiger partial charge on any atom is 0.209 e. The number of carbonyl (C=O) groups is 1. The zero-order chi connectivity index (χ0) is 9.10. The first kappa shape index (κ1) is 8.30. The van der Waals surface area contributed by atoms with Gasteiger partial charge >= 0.3 is 0 Å². The van der Waals surface area contributed by atoms with Gasteiger partial charge in [-0.25, -0.2) is 0 Å². The lowest BCUT2D eigenvalue weighted by atomic mass is 9.99. The van der Waals surface area contributed by atoms with E-state index in [0.29, 0.717) is 5.92 Å². The predicted octanol–water partition coefficient (Wildman–Crippen LogP) is 1.63. The van der Waals surface area contributed by atoms with E-state index in [9.17, 15) is 4.79 Å². The van der Waals surface area contributed by atoms with Crippen LogP contribution in [0.4, 0.5) is 0 Å². The molecule has 13 heavy (non-hydrogen) atoms. The molecule has 1 unspecified atom stereocenters. The Bertz CT molecular complexity index is 283. The smallest absolute Gasteiger partial charge is 0.209 e. The molecule has 0 radical (unpaired) electrons. The second kappa shape index (κ2) is 3.60. The van der Waals surface area contributed by atoms with Crippen LogP contribution in [0.15, 0.2) is 30.3 Å². The van der Waals surface area contributed by atoms with Gasteiger partial charge in [-0.15, -0.1) is 0 Å². The van der Waals surface area contributed by atoms with Crippen molar-refractivity contribution in [3.8, 4) is 0 Å². The Morgan fingerprint density at radius 1 is 1.31 bits per heavy atom. The fourth-order valence-corrected chi connectivity index (χ4v) is 1.88. The van der Waals surface area contributed by atoms with E-state index in [2.05, 4.69) is 24.3 Å². The average Bonchev–Trinajstić information content (AvgIpc) is 2.67. The molecule has 1 aromatic rings. The molecular weight excluding hydrogens is 162 g/mol. The van der Waals surface area contributed by atoms with Crippen molar-refractivity contribution >= 4 is 6.41 Å². The highest BCUT2D eigenvalue weighted by Gasteiger charge is 2.21. The Labute approximate surface area is 78.2 Å². The summed E-state index contributed by atoms with van der Waals surface area (Å²) in [7, 11) is 0. The fourth-order valence-electron chi connectivity index (χ4n) is 1.88. The molecule has 2 rings (SSSR count). The van der Waals surface area contributed by atoms with E-state index in [0.717, 1.165) is 25.9 Å². The first-order valence-corrected chi connectivity index (χ1v) is 4.64. The molecule has 1 amide bonds. The summed E-state index contributed by atoms with van der Waals surface area (Å²) in [6, 6.07) is 10.4. The second-order valence-electron chi connectivity index (χ2n) is 3.50. The van der Waals surface area contributed by atoms with Crippen LogP contribution in [0.5, 0.6) is 0 Å². The number of amides is 1. The van der Waals surface area contributed by atoms with Crippen LogP contribution in [0.2, 0.25) is 0 Å². The van der Waals surface area contributed by atoms with E-state index in [-0.39, 0.29) is 0 Å². The largest absolute Gasteiger partial charge is 0.345 e. The lowest BCUT2D eigenvalue weighted by Gasteiger charge is -2.10. The third-order valence-corrected chi connectivity index (χ3v) is 2.64. The SMILES string of the molecule is O=CN1CCC(c2ccccc2)C1. The molecule has 2 nitrogen and oxygen atoms in total. The molecule has 2 heteroatoms. The van der Waals surface area contributed by atoms with E-state index in [4.69, 9.17) is 0 Å². The molecular formula is C11H13NO. The molecule has 1 aromatic carbocycles. The minimum absolute atomic E-state index is 0.548. The molecule has 1 atom stereocenters. The topological polar surface area (TPSA) is 20.3 Å². The molecule has 1 saturated heterocycles. The summed E-state index contributed by atoms with van der Waals surface area (Å²) in [4.78, 5) is 12.4. The van der Waals surface area contributed by atoms with E-state index in [1.165, 1.54) is 5.56 Å². The first-order chi connectivity index (χ1) is 6.40. The molecule has 1 heterocycles. The van der Waals surface area contributed by atoms with Crippen LogP contribution in [0.25, 0.3) is 0 Å². The van der Waals surface area contributed by atoms with Gasteiger partial charge in [0.05, 0.1) is 0 Å². The van der Waals surface area contributed by atoms with Gasteiger partial charge in [-0.2, -0.15) is 0 Å². The van der Waals surface area contributed by atoms with Crippen LogP contribution in [0.3, 0.4) is 0 Å². The minimum Gasteiger partial charge on any atom is -0.345 e. The van der Waals surface area contributed by atoms with Gasteiger partial charge in [0.25, 0.3) is 0 Å². The summed E-state index contributed by atoms with van der Waals surface area (Å²) in [5, 5.41) is 0. The lowest BCUT2D eigenvalue weighted by Crippen LogP contribution is -2.17. The highest BCUT2D eigenvalue weighted by molar-refractivity contribution is 5.48. The Morgan fingerprint density at radius 3 is 2.69 bits per heavy atom. The highest BCUT2D eigenvalue weighted by Crippen LogP contribution is 2.25. The van der Waals surface area contributed by atoms with Gasteiger partial charge in [-0.1, -0.05) is 30.3 Å². The maximum absolute atomic E-state index is 10.5. The van der Waals surface area contributed by atoms with Crippen LogP contribution < -0.4 is 0 Å². The molecule has 0 aliphatic carbocycles. The summed E-state index contributed by atoms with van der Waals surface area (Å²) < 4.78 is 0. The molecule has 1 fully saturated rings. The van der Waals surface area contributed by atoms with Crippen molar-refractivity contribution in [2.75, 3.05) is 13.1 Å². The quantitative estimate of drug-likeness (QED) is 0.626. The van der Waals surface area contributed by atoms with Gasteiger partial charge in [0.15, 0.2) is 0 Å². The summed E-state index contributed by atoms with van der Waals surface area (Å²) >= 11 is 0. The fraction of sp³-hybridized carbons (Fsp3) is 0.364. The number of nitrogens with zero attached hydrogens (tertiary/aromatic N) is 1. The number of benzene rings is 1. The Balaban J connectivity index is 2.08. The van der Waals surface area contributed by atoms with E-state index in [1.807, 2.05) is 11.0 Å². The Kier molecular flexibility index (Phi) is 2.30. The molecule has 1 aliphatic heterocycles. The van der Waals surface area contributed by atoms with Crippen LogP contribution in [0.1, 0.15) is 17.9 Å².